The molecule has 0 bridgehead atoms. The van der Waals surface area contributed by atoms with Gasteiger partial charge in [0.25, 0.3) is 0 Å². The third-order valence-corrected chi connectivity index (χ3v) is 1.76. The van der Waals surface area contributed by atoms with E-state index in [-0.39, 0.29) is 17.9 Å². The van der Waals surface area contributed by atoms with Gasteiger partial charge in [-0.25, -0.2) is 9.18 Å². The summed E-state index contributed by atoms with van der Waals surface area (Å²) in [4.78, 5) is 11.0. The molecule has 1 amide bonds. The molecule has 82 valence electrons. The van der Waals surface area contributed by atoms with Gasteiger partial charge in [-0.2, -0.15) is 0 Å². The fourth-order valence-corrected chi connectivity index (χ4v) is 1.08. The van der Waals surface area contributed by atoms with Crippen LogP contribution in [0.3, 0.4) is 0 Å². The molecule has 5 heteroatoms. The summed E-state index contributed by atoms with van der Waals surface area (Å²) in [5, 5.41) is 11.0. The highest BCUT2D eigenvalue weighted by molar-refractivity contribution is 5.84. The zero-order valence-corrected chi connectivity index (χ0v) is 8.29. The number of ether oxygens (including phenoxy) is 1. The first-order chi connectivity index (χ1) is 7.19. The maximum absolute atomic E-state index is 13.4. The maximum atomic E-state index is 13.4. The van der Waals surface area contributed by atoms with E-state index < -0.39 is 18.5 Å². The van der Waals surface area contributed by atoms with Crippen LogP contribution in [-0.2, 0) is 11.3 Å². The molecule has 1 aromatic carbocycles. The minimum atomic E-state index is -0.716. The average Bonchev–Trinajstić information content (AvgIpc) is 2.21. The lowest BCUT2D eigenvalue weighted by atomic mass is 10.2. The van der Waals surface area contributed by atoms with Gasteiger partial charge in [0.15, 0.2) is 5.82 Å². The summed E-state index contributed by atoms with van der Waals surface area (Å²) in [5.41, 5.74) is 0.129. The van der Waals surface area contributed by atoms with E-state index in [0.717, 1.165) is 0 Å². The molecule has 0 heterocycles. The van der Waals surface area contributed by atoms with Crippen LogP contribution in [0.1, 0.15) is 12.5 Å². The van der Waals surface area contributed by atoms with E-state index in [1.54, 1.807) is 6.92 Å². The van der Waals surface area contributed by atoms with Gasteiger partial charge in [0.05, 0.1) is 18.9 Å². The number of aliphatic hydroxyl groups is 1. The summed E-state index contributed by atoms with van der Waals surface area (Å²) >= 11 is 0. The van der Waals surface area contributed by atoms with Crippen LogP contribution in [0.25, 0.3) is 0 Å². The number of halogens is 1. The number of carbonyl (C=O) groups is 1. The molecule has 0 aromatic heterocycles. The lowest BCUT2D eigenvalue weighted by Crippen LogP contribution is -2.14. The second-order valence-corrected chi connectivity index (χ2v) is 2.78. The molecule has 0 saturated heterocycles. The Kier molecular flexibility index (Phi) is 4.05. The highest BCUT2D eigenvalue weighted by Crippen LogP contribution is 2.17. The van der Waals surface area contributed by atoms with Gasteiger partial charge >= 0.3 is 6.09 Å². The molecule has 1 rings (SSSR count). The predicted octanol–water partition coefficient (Wildman–Crippen LogP) is 1.89. The van der Waals surface area contributed by atoms with Crippen LogP contribution in [0.15, 0.2) is 18.2 Å². The first-order valence-electron chi connectivity index (χ1n) is 4.51. The molecule has 0 spiro atoms. The van der Waals surface area contributed by atoms with Crippen LogP contribution < -0.4 is 5.32 Å². The molecule has 1 aromatic rings. The Morgan fingerprint density at radius 1 is 1.60 bits per heavy atom. The Labute approximate surface area is 86.7 Å². The second-order valence-electron chi connectivity index (χ2n) is 2.78. The highest BCUT2D eigenvalue weighted by Gasteiger charge is 2.10. The van der Waals surface area contributed by atoms with E-state index in [4.69, 9.17) is 5.11 Å². The first-order valence-corrected chi connectivity index (χ1v) is 4.51. The van der Waals surface area contributed by atoms with Crippen LogP contribution in [0.4, 0.5) is 14.9 Å². The Bertz CT molecular complexity index is 355. The lowest BCUT2D eigenvalue weighted by molar-refractivity contribution is 0.167. The molecule has 15 heavy (non-hydrogen) atoms. The SMILES string of the molecule is CCOC(=O)Nc1cccc(CO)c1F. The number of rotatable bonds is 3. The summed E-state index contributed by atoms with van der Waals surface area (Å²) in [5.74, 6) is -0.645. The average molecular weight is 213 g/mol. The molecule has 0 atom stereocenters. The number of anilines is 1. The lowest BCUT2D eigenvalue weighted by Gasteiger charge is -2.08. The van der Waals surface area contributed by atoms with Gasteiger partial charge in [-0.3, -0.25) is 5.32 Å². The summed E-state index contributed by atoms with van der Waals surface area (Å²) in [6.45, 7) is 1.46. The van der Waals surface area contributed by atoms with Gasteiger partial charge < -0.3 is 9.84 Å². The number of benzene rings is 1. The van der Waals surface area contributed by atoms with Gasteiger partial charge in [-0.15, -0.1) is 0 Å². The highest BCUT2D eigenvalue weighted by atomic mass is 19.1. The molecule has 0 unspecified atom stereocenters. The smallest absolute Gasteiger partial charge is 0.411 e. The van der Waals surface area contributed by atoms with E-state index in [0.29, 0.717) is 0 Å². The van der Waals surface area contributed by atoms with Crippen LogP contribution in [0.2, 0.25) is 0 Å². The number of nitrogens with one attached hydrogen (secondary N) is 1. The zero-order valence-electron chi connectivity index (χ0n) is 8.29. The number of aliphatic hydroxyl groups excluding tert-OH is 1. The fourth-order valence-electron chi connectivity index (χ4n) is 1.08. The Morgan fingerprint density at radius 3 is 2.93 bits per heavy atom. The molecule has 0 aliphatic carbocycles. The summed E-state index contributed by atoms with van der Waals surface area (Å²) < 4.78 is 18.0. The van der Waals surface area contributed by atoms with Gasteiger partial charge in [0.2, 0.25) is 0 Å². The molecule has 0 fully saturated rings. The minimum Gasteiger partial charge on any atom is -0.450 e. The minimum absolute atomic E-state index is 0.000000000000000222. The topological polar surface area (TPSA) is 58.6 Å². The summed E-state index contributed by atoms with van der Waals surface area (Å²) in [6.07, 6.45) is -0.716. The molecule has 2 N–H and O–H groups in total. The predicted molar refractivity (Wildman–Crippen MR) is 53.0 cm³/mol. The summed E-state index contributed by atoms with van der Waals surface area (Å²) in [7, 11) is 0. The quantitative estimate of drug-likeness (QED) is 0.806. The normalized spacial score (nSPS) is 9.80. The number of hydrogen-bond acceptors (Lipinski definition) is 3. The van der Waals surface area contributed by atoms with Crippen LogP contribution in [0, 0.1) is 5.82 Å². The molecule has 0 radical (unpaired) electrons. The molecule has 0 saturated carbocycles. The van der Waals surface area contributed by atoms with E-state index in [2.05, 4.69) is 10.1 Å². The van der Waals surface area contributed by atoms with Crippen molar-refractivity contribution in [2.24, 2.45) is 0 Å². The standard InChI is InChI=1S/C10H12FNO3/c1-2-15-10(14)12-8-5-3-4-7(6-13)9(8)11/h3-5,13H,2,6H2,1H3,(H,12,14). The summed E-state index contributed by atoms with van der Waals surface area (Å²) in [6, 6.07) is 4.37. The zero-order chi connectivity index (χ0) is 11.3. The van der Waals surface area contributed by atoms with Crippen molar-refractivity contribution in [3.63, 3.8) is 0 Å². The van der Waals surface area contributed by atoms with Crippen molar-refractivity contribution in [1.82, 2.24) is 0 Å². The number of amides is 1. The van der Waals surface area contributed by atoms with Crippen molar-refractivity contribution in [3.8, 4) is 0 Å². The van der Waals surface area contributed by atoms with Crippen molar-refractivity contribution >= 4 is 11.8 Å². The van der Waals surface area contributed by atoms with Crippen LogP contribution >= 0.6 is 0 Å². The van der Waals surface area contributed by atoms with E-state index >= 15 is 0 Å². The second kappa shape index (κ2) is 5.31. The van der Waals surface area contributed by atoms with Crippen molar-refractivity contribution in [2.45, 2.75) is 13.5 Å². The molecule has 4 nitrogen and oxygen atoms in total. The third-order valence-electron chi connectivity index (χ3n) is 1.76. The maximum Gasteiger partial charge on any atom is 0.411 e. The van der Waals surface area contributed by atoms with Gasteiger partial charge in [0.1, 0.15) is 0 Å². The number of hydrogen-bond donors (Lipinski definition) is 2. The third kappa shape index (κ3) is 2.92. The first kappa shape index (κ1) is 11.5. The molecule has 0 aliphatic heterocycles. The van der Waals surface area contributed by atoms with E-state index in [9.17, 15) is 9.18 Å². The van der Waals surface area contributed by atoms with Crippen molar-refractivity contribution in [2.75, 3.05) is 11.9 Å². The van der Waals surface area contributed by atoms with Crippen molar-refractivity contribution < 1.29 is 19.0 Å². The molecular weight excluding hydrogens is 201 g/mol. The fraction of sp³-hybridized carbons (Fsp3) is 0.300. The monoisotopic (exact) mass is 213 g/mol. The van der Waals surface area contributed by atoms with Crippen LogP contribution in [0.5, 0.6) is 0 Å². The Morgan fingerprint density at radius 2 is 2.33 bits per heavy atom. The van der Waals surface area contributed by atoms with E-state index in [1.807, 2.05) is 0 Å². The van der Waals surface area contributed by atoms with Gasteiger partial charge in [-0.05, 0) is 13.0 Å². The molecular formula is C10H12FNO3. The number of carbonyl (C=O) groups excluding carboxylic acids is 1. The Hall–Kier alpha value is -1.62. The van der Waals surface area contributed by atoms with Crippen molar-refractivity contribution in [3.05, 3.63) is 29.6 Å². The van der Waals surface area contributed by atoms with Crippen LogP contribution in [-0.4, -0.2) is 17.8 Å². The largest absolute Gasteiger partial charge is 0.450 e. The Balaban J connectivity index is 2.81. The van der Waals surface area contributed by atoms with Crippen molar-refractivity contribution in [1.29, 1.82) is 0 Å². The van der Waals surface area contributed by atoms with E-state index in [1.165, 1.54) is 18.2 Å². The molecule has 0 aliphatic rings. The van der Waals surface area contributed by atoms with Gasteiger partial charge in [-0.1, -0.05) is 12.1 Å². The van der Waals surface area contributed by atoms with Gasteiger partial charge in [0, 0.05) is 5.56 Å².